The van der Waals surface area contributed by atoms with Gasteiger partial charge in [-0.05, 0) is 53.1 Å². The molecule has 0 aliphatic heterocycles. The average Bonchev–Trinajstić information content (AvgIpc) is 2.58. The topological polar surface area (TPSA) is 91.7 Å². The van der Waals surface area contributed by atoms with Gasteiger partial charge >= 0.3 is 0 Å². The minimum absolute atomic E-state index is 0.0296. The van der Waals surface area contributed by atoms with Crippen molar-refractivity contribution in [3.63, 3.8) is 0 Å². The van der Waals surface area contributed by atoms with Gasteiger partial charge < -0.3 is 5.11 Å². The molecule has 138 valence electrons. The normalized spacial score (nSPS) is 16.3. The lowest BCUT2D eigenvalue weighted by molar-refractivity contribution is -0.110. The molecule has 0 heterocycles. The smallest absolute Gasteiger partial charge is 0.295 e. The molecule has 0 unspecified atom stereocenters. The summed E-state index contributed by atoms with van der Waals surface area (Å²) >= 11 is 6.75. The molecule has 2 N–H and O–H groups in total. The van der Waals surface area contributed by atoms with Gasteiger partial charge in [-0.2, -0.15) is 8.42 Å². The van der Waals surface area contributed by atoms with Crippen LogP contribution >= 0.6 is 31.9 Å². The third-order valence-electron chi connectivity index (χ3n) is 3.87. The lowest BCUT2D eigenvalue weighted by Gasteiger charge is -2.19. The summed E-state index contributed by atoms with van der Waals surface area (Å²) in [6.07, 6.45) is 4.31. The number of carbonyl (C=O) groups is 1. The third-order valence-corrected chi connectivity index (χ3v) is 6.09. The fourth-order valence-corrected chi connectivity index (χ4v) is 4.56. The molecule has 0 radical (unpaired) electrons. The maximum Gasteiger partial charge on any atom is 0.295 e. The summed E-state index contributed by atoms with van der Waals surface area (Å²) in [5.41, 5.74) is 1.84. The predicted molar refractivity (Wildman–Crippen MR) is 109 cm³/mol. The third kappa shape index (κ3) is 4.14. The fraction of sp³-hybridized carbons (Fsp3) is 0. The molecule has 0 aromatic heterocycles. The van der Waals surface area contributed by atoms with Crippen LogP contribution in [0.25, 0.3) is 5.57 Å². The minimum Gasteiger partial charge on any atom is -0.508 e. The van der Waals surface area contributed by atoms with Gasteiger partial charge in [0, 0.05) is 20.6 Å². The van der Waals surface area contributed by atoms with E-state index in [2.05, 4.69) is 31.9 Å². The second-order valence-electron chi connectivity index (χ2n) is 5.65. The molecule has 8 heteroatoms. The first-order valence-corrected chi connectivity index (χ1v) is 10.6. The van der Waals surface area contributed by atoms with Gasteiger partial charge in [0.25, 0.3) is 10.1 Å². The largest absolute Gasteiger partial charge is 0.508 e. The summed E-state index contributed by atoms with van der Waals surface area (Å²) in [4.78, 5) is 11.4. The first kappa shape index (κ1) is 19.8. The van der Waals surface area contributed by atoms with Crippen LogP contribution in [-0.4, -0.2) is 23.9 Å². The van der Waals surface area contributed by atoms with Crippen LogP contribution in [0.5, 0.6) is 5.75 Å². The van der Waals surface area contributed by atoms with Gasteiger partial charge in [0.2, 0.25) is 0 Å². The number of hydrogen-bond acceptors (Lipinski definition) is 4. The molecule has 0 fully saturated rings. The van der Waals surface area contributed by atoms with Gasteiger partial charge in [-0.25, -0.2) is 0 Å². The van der Waals surface area contributed by atoms with Crippen LogP contribution in [-0.2, 0) is 14.9 Å². The molecule has 3 rings (SSSR count). The Labute approximate surface area is 172 Å². The van der Waals surface area contributed by atoms with Crippen molar-refractivity contribution >= 4 is 53.3 Å². The number of phenolic OH excluding ortho intramolecular Hbond substituents is 1. The van der Waals surface area contributed by atoms with Gasteiger partial charge in [0.15, 0.2) is 5.78 Å². The van der Waals surface area contributed by atoms with Gasteiger partial charge in [-0.3, -0.25) is 9.35 Å². The molecule has 0 amide bonds. The van der Waals surface area contributed by atoms with E-state index < -0.39 is 10.1 Å². The van der Waals surface area contributed by atoms with Crippen LogP contribution in [0, 0.1) is 0 Å². The van der Waals surface area contributed by atoms with Crippen molar-refractivity contribution < 1.29 is 22.9 Å². The Kier molecular flexibility index (Phi) is 5.53. The van der Waals surface area contributed by atoms with E-state index in [0.29, 0.717) is 25.7 Å². The van der Waals surface area contributed by atoms with Crippen molar-refractivity contribution in [2.24, 2.45) is 0 Å². The van der Waals surface area contributed by atoms with Gasteiger partial charge in [-0.15, -0.1) is 0 Å². The van der Waals surface area contributed by atoms with E-state index in [4.69, 9.17) is 0 Å². The zero-order valence-corrected chi connectivity index (χ0v) is 17.5. The van der Waals surface area contributed by atoms with E-state index in [1.54, 1.807) is 24.3 Å². The predicted octanol–water partition coefficient (Wildman–Crippen LogP) is 4.62. The highest BCUT2D eigenvalue weighted by atomic mass is 79.9. The Hall–Kier alpha value is -2.00. The molecule has 0 spiro atoms. The monoisotopic (exact) mass is 510 g/mol. The quantitative estimate of drug-likeness (QED) is 0.586. The molecule has 27 heavy (non-hydrogen) atoms. The van der Waals surface area contributed by atoms with Crippen LogP contribution in [0.3, 0.4) is 0 Å². The number of aromatic hydroxyl groups is 1. The summed E-state index contributed by atoms with van der Waals surface area (Å²) in [5, 5.41) is 9.71. The molecular weight excluding hydrogens is 500 g/mol. The number of phenols is 1. The summed E-state index contributed by atoms with van der Waals surface area (Å²) in [6.45, 7) is 0. The zero-order valence-electron chi connectivity index (χ0n) is 13.6. The van der Waals surface area contributed by atoms with Crippen molar-refractivity contribution in [1.29, 1.82) is 0 Å². The highest BCUT2D eigenvalue weighted by molar-refractivity contribution is 9.12. The molecule has 5 nitrogen and oxygen atoms in total. The molecule has 0 saturated carbocycles. The van der Waals surface area contributed by atoms with Crippen molar-refractivity contribution in [3.05, 3.63) is 86.3 Å². The van der Waals surface area contributed by atoms with E-state index in [9.17, 15) is 22.9 Å². The maximum absolute atomic E-state index is 11.9. The molecule has 1 aliphatic rings. The van der Waals surface area contributed by atoms with E-state index in [-0.39, 0.29) is 22.0 Å². The Balaban J connectivity index is 2.44. The summed E-state index contributed by atoms with van der Waals surface area (Å²) in [7, 11) is -4.50. The number of carbonyl (C=O) groups excluding carboxylic acids is 1. The lowest BCUT2D eigenvalue weighted by atomic mass is 9.91. The molecule has 0 saturated heterocycles. The van der Waals surface area contributed by atoms with Crippen molar-refractivity contribution in [2.75, 3.05) is 0 Å². The zero-order chi connectivity index (χ0) is 19.8. The maximum atomic E-state index is 11.9. The number of rotatable bonds is 3. The standard InChI is InChI=1S/C19H12Br2O5S/c20-16-9-11(22)5-7-13(16)19(14-8-6-12(23)10-17(14)21)15-3-1-2-4-18(15)27(24,25)26/h1-10,22H,(H,24,25,26). The lowest BCUT2D eigenvalue weighted by Crippen LogP contribution is -2.06. The molecular formula is C19H12Br2O5S. The first-order valence-electron chi connectivity index (χ1n) is 7.58. The van der Waals surface area contributed by atoms with Crippen LogP contribution in [0.2, 0.25) is 0 Å². The number of ketones is 1. The van der Waals surface area contributed by atoms with Gasteiger partial charge in [-0.1, -0.05) is 50.1 Å². The Morgan fingerprint density at radius 2 is 1.67 bits per heavy atom. The molecule has 2 aromatic rings. The summed E-state index contributed by atoms with van der Waals surface area (Å²) in [5.74, 6) is -0.181. The fourth-order valence-electron chi connectivity index (χ4n) is 2.74. The van der Waals surface area contributed by atoms with E-state index in [0.717, 1.165) is 0 Å². The second kappa shape index (κ2) is 7.55. The van der Waals surface area contributed by atoms with Crippen molar-refractivity contribution in [1.82, 2.24) is 0 Å². The number of halogens is 2. The van der Waals surface area contributed by atoms with Crippen LogP contribution < -0.4 is 0 Å². The van der Waals surface area contributed by atoms with E-state index in [1.165, 1.54) is 36.4 Å². The average molecular weight is 512 g/mol. The molecule has 1 aliphatic carbocycles. The first-order chi connectivity index (χ1) is 12.7. The van der Waals surface area contributed by atoms with Gasteiger partial charge in [0.1, 0.15) is 10.6 Å². The highest BCUT2D eigenvalue weighted by Gasteiger charge is 2.24. The number of allylic oxidation sites excluding steroid dienone is 5. The second-order valence-corrected chi connectivity index (χ2v) is 8.75. The SMILES string of the molecule is O=C1C=CC(=C(c2ccc(O)cc2Br)c2ccccc2S(=O)(=O)O)C(Br)=C1. The highest BCUT2D eigenvalue weighted by Crippen LogP contribution is 2.40. The summed E-state index contributed by atoms with van der Waals surface area (Å²) in [6, 6.07) is 10.6. The minimum atomic E-state index is -4.50. The number of hydrogen-bond donors (Lipinski definition) is 2. The van der Waals surface area contributed by atoms with E-state index >= 15 is 0 Å². The molecule has 0 bridgehead atoms. The Bertz CT molecular complexity index is 1140. The molecule has 0 atom stereocenters. The number of benzene rings is 2. The van der Waals surface area contributed by atoms with Crippen LogP contribution in [0.1, 0.15) is 11.1 Å². The van der Waals surface area contributed by atoms with Gasteiger partial charge in [0.05, 0.1) is 0 Å². The Morgan fingerprint density at radius 3 is 2.30 bits per heavy atom. The van der Waals surface area contributed by atoms with Crippen LogP contribution in [0.15, 0.2) is 80.1 Å². The van der Waals surface area contributed by atoms with E-state index in [1.807, 2.05) is 0 Å². The Morgan fingerprint density at radius 1 is 0.963 bits per heavy atom. The summed E-state index contributed by atoms with van der Waals surface area (Å²) < 4.78 is 34.5. The van der Waals surface area contributed by atoms with Crippen molar-refractivity contribution in [2.45, 2.75) is 4.90 Å². The van der Waals surface area contributed by atoms with Crippen molar-refractivity contribution in [3.8, 4) is 5.75 Å². The van der Waals surface area contributed by atoms with Crippen LogP contribution in [0.4, 0.5) is 0 Å². The molecule has 2 aromatic carbocycles.